The zero-order chi connectivity index (χ0) is 23.3. The van der Waals surface area contributed by atoms with Crippen LogP contribution in [0.4, 0.5) is 32.0 Å². The van der Waals surface area contributed by atoms with Crippen LogP contribution in [-0.4, -0.2) is 20.7 Å². The molecule has 1 amide bonds. The van der Waals surface area contributed by atoms with Crippen molar-refractivity contribution in [3.63, 3.8) is 0 Å². The van der Waals surface area contributed by atoms with Crippen molar-refractivity contribution < 1.29 is 35.9 Å². The van der Waals surface area contributed by atoms with Gasteiger partial charge in [0.15, 0.2) is 11.9 Å². The fourth-order valence-corrected chi connectivity index (χ4v) is 3.79. The van der Waals surface area contributed by atoms with Gasteiger partial charge in [-0.15, -0.1) is 11.3 Å². The number of anilines is 1. The highest BCUT2D eigenvalue weighted by Gasteiger charge is 2.41. The number of pyridine rings is 2. The average Bonchev–Trinajstić information content (AvgIpc) is 3.33. The third-order valence-corrected chi connectivity index (χ3v) is 5.14. The molecule has 32 heavy (non-hydrogen) atoms. The van der Waals surface area contributed by atoms with E-state index in [1.54, 1.807) is 5.38 Å². The Morgan fingerprint density at radius 2 is 1.88 bits per heavy atom. The largest absolute Gasteiger partial charge is 0.619 e. The Hall–Kier alpha value is -3.68. The molecule has 166 valence electrons. The first kappa shape index (κ1) is 21.5. The van der Waals surface area contributed by atoms with E-state index >= 15 is 0 Å². The molecule has 4 aromatic heterocycles. The minimum atomic E-state index is -5.08. The average molecular weight is 473 g/mol. The highest BCUT2D eigenvalue weighted by Crippen LogP contribution is 2.36. The van der Waals surface area contributed by atoms with E-state index in [2.05, 4.69) is 10.1 Å². The standard InChI is InChI=1S/C18H9F6N5O2S/c19-17(20,21)14-5-9(1-3-25-14)27-16(30)11-6-26-29(15(11)18(22,23)24)12-7-28(31)8-13-10(12)2-4-32-13/h1-8H,(H,25,27,30). The van der Waals surface area contributed by atoms with Crippen molar-refractivity contribution in [1.29, 1.82) is 0 Å². The lowest BCUT2D eigenvalue weighted by Gasteiger charge is -2.13. The predicted octanol–water partition coefficient (Wildman–Crippen LogP) is 4.41. The summed E-state index contributed by atoms with van der Waals surface area (Å²) in [5.41, 5.74) is -4.37. The molecule has 0 fully saturated rings. The molecule has 4 rings (SSSR count). The lowest BCUT2D eigenvalue weighted by molar-refractivity contribution is -0.603. The first-order chi connectivity index (χ1) is 14.9. The number of rotatable bonds is 3. The molecule has 0 unspecified atom stereocenters. The maximum atomic E-state index is 13.9. The fraction of sp³-hybridized carbons (Fsp3) is 0.111. The zero-order valence-electron chi connectivity index (χ0n) is 15.4. The molecule has 0 saturated carbocycles. The lowest BCUT2D eigenvalue weighted by Crippen LogP contribution is -2.27. The number of amides is 1. The molecule has 0 bridgehead atoms. The number of nitrogens with zero attached hydrogens (tertiary/aromatic N) is 4. The zero-order valence-corrected chi connectivity index (χ0v) is 16.2. The Morgan fingerprint density at radius 3 is 2.56 bits per heavy atom. The number of nitrogens with one attached hydrogen (secondary N) is 1. The van der Waals surface area contributed by atoms with Gasteiger partial charge < -0.3 is 10.5 Å². The summed E-state index contributed by atoms with van der Waals surface area (Å²) in [5.74, 6) is -1.34. The van der Waals surface area contributed by atoms with Gasteiger partial charge in [-0.2, -0.15) is 36.2 Å². The van der Waals surface area contributed by atoms with E-state index in [1.165, 1.54) is 12.3 Å². The van der Waals surface area contributed by atoms with Crippen LogP contribution < -0.4 is 10.0 Å². The van der Waals surface area contributed by atoms with E-state index < -0.39 is 40.9 Å². The van der Waals surface area contributed by atoms with Gasteiger partial charge in [-0.3, -0.25) is 9.78 Å². The van der Waals surface area contributed by atoms with Crippen LogP contribution in [0.2, 0.25) is 0 Å². The number of carbonyl (C=O) groups excluding carboxylic acids is 1. The molecule has 0 aliphatic rings. The van der Waals surface area contributed by atoms with Crippen LogP contribution in [0, 0.1) is 5.21 Å². The van der Waals surface area contributed by atoms with Crippen molar-refractivity contribution in [2.75, 3.05) is 5.32 Å². The second kappa shape index (κ2) is 7.47. The first-order valence-corrected chi connectivity index (χ1v) is 9.43. The maximum absolute atomic E-state index is 13.9. The van der Waals surface area contributed by atoms with E-state index in [0.29, 0.717) is 31.8 Å². The quantitative estimate of drug-likeness (QED) is 0.271. The summed E-state index contributed by atoms with van der Waals surface area (Å²) in [6.45, 7) is 0. The molecule has 0 aliphatic heterocycles. The summed E-state index contributed by atoms with van der Waals surface area (Å²) in [7, 11) is 0. The topological polar surface area (TPSA) is 86.8 Å². The monoisotopic (exact) mass is 473 g/mol. The Balaban J connectivity index is 1.79. The van der Waals surface area contributed by atoms with Crippen LogP contribution in [0.3, 0.4) is 0 Å². The van der Waals surface area contributed by atoms with Crippen molar-refractivity contribution in [1.82, 2.24) is 14.8 Å². The van der Waals surface area contributed by atoms with Crippen LogP contribution in [-0.2, 0) is 12.4 Å². The van der Waals surface area contributed by atoms with E-state index in [4.69, 9.17) is 0 Å². The molecule has 0 saturated heterocycles. The predicted molar refractivity (Wildman–Crippen MR) is 100 cm³/mol. The van der Waals surface area contributed by atoms with Gasteiger partial charge in [0.25, 0.3) is 5.91 Å². The maximum Gasteiger partial charge on any atom is 0.434 e. The van der Waals surface area contributed by atoms with Gasteiger partial charge in [0.1, 0.15) is 16.1 Å². The third kappa shape index (κ3) is 3.95. The van der Waals surface area contributed by atoms with Crippen molar-refractivity contribution in [2.24, 2.45) is 0 Å². The molecule has 1 N–H and O–H groups in total. The highest BCUT2D eigenvalue weighted by molar-refractivity contribution is 7.17. The van der Waals surface area contributed by atoms with Crippen molar-refractivity contribution in [3.8, 4) is 5.69 Å². The van der Waals surface area contributed by atoms with Crippen LogP contribution >= 0.6 is 11.3 Å². The summed E-state index contributed by atoms with van der Waals surface area (Å²) in [5, 5.41) is 19.4. The van der Waals surface area contributed by atoms with Gasteiger partial charge in [-0.25, -0.2) is 4.68 Å². The van der Waals surface area contributed by atoms with E-state index in [0.717, 1.165) is 29.8 Å². The molecule has 0 atom stereocenters. The van der Waals surface area contributed by atoms with Crippen molar-refractivity contribution >= 4 is 33.0 Å². The molecule has 0 spiro atoms. The Morgan fingerprint density at radius 1 is 1.12 bits per heavy atom. The molecule has 4 heterocycles. The van der Waals surface area contributed by atoms with E-state index in [-0.39, 0.29) is 5.69 Å². The molecular formula is C18H9F6N5O2S. The molecule has 7 nitrogen and oxygen atoms in total. The van der Waals surface area contributed by atoms with Gasteiger partial charge in [-0.05, 0) is 23.6 Å². The Bertz CT molecular complexity index is 1330. The summed E-state index contributed by atoms with van der Waals surface area (Å²) >= 11 is 1.12. The minimum Gasteiger partial charge on any atom is -0.619 e. The van der Waals surface area contributed by atoms with Crippen molar-refractivity contribution in [2.45, 2.75) is 12.4 Å². The smallest absolute Gasteiger partial charge is 0.434 e. The Labute approximate surface area is 178 Å². The number of carbonyl (C=O) groups is 1. The van der Waals surface area contributed by atoms with E-state index in [9.17, 15) is 36.3 Å². The third-order valence-electron chi connectivity index (χ3n) is 4.28. The number of halogens is 6. The van der Waals surface area contributed by atoms with Crippen molar-refractivity contribution in [3.05, 3.63) is 70.5 Å². The lowest BCUT2D eigenvalue weighted by atomic mass is 10.2. The second-order valence-electron chi connectivity index (χ2n) is 6.40. The van der Waals surface area contributed by atoms with Crippen LogP contribution in [0.5, 0.6) is 0 Å². The SMILES string of the molecule is O=C(Nc1ccnc(C(F)(F)F)c1)c1cnn(-c2c[n+]([O-])cc3sccc23)c1C(F)(F)F. The van der Waals surface area contributed by atoms with Gasteiger partial charge in [0.05, 0.1) is 11.8 Å². The molecule has 0 radical (unpaired) electrons. The second-order valence-corrected chi connectivity index (χ2v) is 7.35. The van der Waals surface area contributed by atoms with Gasteiger partial charge in [-0.1, -0.05) is 0 Å². The minimum absolute atomic E-state index is 0.214. The number of hydrogen-bond acceptors (Lipinski definition) is 5. The molecule has 14 heteroatoms. The summed E-state index contributed by atoms with van der Waals surface area (Å²) in [4.78, 5) is 15.7. The van der Waals surface area contributed by atoms with Gasteiger partial charge >= 0.3 is 12.4 Å². The summed E-state index contributed by atoms with van der Waals surface area (Å²) in [6.07, 6.45) is -6.45. The fourth-order valence-electron chi connectivity index (χ4n) is 2.98. The van der Waals surface area contributed by atoms with E-state index in [1.807, 2.05) is 5.32 Å². The molecule has 4 aromatic rings. The van der Waals surface area contributed by atoms with Crippen LogP contribution in [0.25, 0.3) is 15.8 Å². The van der Waals surface area contributed by atoms with Crippen LogP contribution in [0.1, 0.15) is 21.7 Å². The number of hydrogen-bond donors (Lipinski definition) is 1. The molecular weight excluding hydrogens is 464 g/mol. The summed E-state index contributed by atoms with van der Waals surface area (Å²) in [6, 6.07) is 2.98. The number of thiophene rings is 1. The highest BCUT2D eigenvalue weighted by atomic mass is 32.1. The van der Waals surface area contributed by atoms with Gasteiger partial charge in [0.2, 0.25) is 6.20 Å². The molecule has 0 aromatic carbocycles. The number of alkyl halides is 6. The normalized spacial score (nSPS) is 12.3. The summed E-state index contributed by atoms with van der Waals surface area (Å²) < 4.78 is 81.2. The van der Waals surface area contributed by atoms with Gasteiger partial charge in [0, 0.05) is 17.3 Å². The number of fused-ring (bicyclic) bond motifs is 1. The Kier molecular flexibility index (Phi) is 5.03. The van der Waals surface area contributed by atoms with Crippen LogP contribution in [0.15, 0.2) is 48.4 Å². The first-order valence-electron chi connectivity index (χ1n) is 8.55. The molecule has 0 aliphatic carbocycles. The number of aromatic nitrogens is 4.